The number of likely N-dealkylation sites (tertiary alicyclic amines) is 1. The van der Waals surface area contributed by atoms with E-state index in [0.717, 1.165) is 10.6 Å². The van der Waals surface area contributed by atoms with Crippen LogP contribution in [-0.4, -0.2) is 59.2 Å². The van der Waals surface area contributed by atoms with E-state index in [1.54, 1.807) is 12.0 Å². The quantitative estimate of drug-likeness (QED) is 0.798. The van der Waals surface area contributed by atoms with Crippen LogP contribution in [0.4, 0.5) is 0 Å². The van der Waals surface area contributed by atoms with Crippen LogP contribution >= 0.6 is 11.8 Å². The van der Waals surface area contributed by atoms with Crippen LogP contribution < -0.4 is 4.74 Å². The second-order valence-electron chi connectivity index (χ2n) is 5.27. The van der Waals surface area contributed by atoms with Crippen molar-refractivity contribution in [2.24, 2.45) is 0 Å². The fraction of sp³-hybridized carbons (Fsp3) is 0.533. The van der Waals surface area contributed by atoms with Crippen molar-refractivity contribution in [3.63, 3.8) is 0 Å². The Labute approximate surface area is 128 Å². The van der Waals surface area contributed by atoms with Crippen LogP contribution in [-0.2, 0) is 4.79 Å². The molecule has 0 spiro atoms. The number of ether oxygens (including phenoxy) is 1. The van der Waals surface area contributed by atoms with Gasteiger partial charge in [0.1, 0.15) is 11.4 Å². The van der Waals surface area contributed by atoms with Gasteiger partial charge in [0.2, 0.25) is 5.91 Å². The lowest BCUT2D eigenvalue weighted by Gasteiger charge is -2.38. The van der Waals surface area contributed by atoms with Gasteiger partial charge in [-0.1, -0.05) is 6.07 Å². The molecule has 116 valence electrons. The van der Waals surface area contributed by atoms with Crippen LogP contribution in [0, 0.1) is 0 Å². The van der Waals surface area contributed by atoms with E-state index in [9.17, 15) is 15.0 Å². The number of piperidine rings is 1. The van der Waals surface area contributed by atoms with E-state index in [0.29, 0.717) is 25.1 Å². The zero-order valence-corrected chi connectivity index (χ0v) is 12.9. The summed E-state index contributed by atoms with van der Waals surface area (Å²) in [6, 6.07) is 7.56. The van der Waals surface area contributed by atoms with Gasteiger partial charge in [0, 0.05) is 11.4 Å². The number of hydrogen-bond donors (Lipinski definition) is 2. The third kappa shape index (κ3) is 4.36. The zero-order chi connectivity index (χ0) is 15.3. The highest BCUT2D eigenvalue weighted by Gasteiger charge is 2.34. The smallest absolute Gasteiger partial charge is 0.233 e. The minimum absolute atomic E-state index is 0.0191. The molecule has 1 saturated heterocycles. The Morgan fingerprint density at radius 3 is 3.05 bits per heavy atom. The molecule has 1 unspecified atom stereocenters. The molecule has 21 heavy (non-hydrogen) atoms. The molecule has 1 aromatic carbocycles. The minimum Gasteiger partial charge on any atom is -0.497 e. The van der Waals surface area contributed by atoms with Crippen molar-refractivity contribution < 1.29 is 19.7 Å². The van der Waals surface area contributed by atoms with Crippen molar-refractivity contribution in [2.45, 2.75) is 23.3 Å². The standard InChI is InChI=1S/C15H21NO4S/c1-20-12-4-2-5-13(8-12)21-9-14(18)16-7-3-6-15(19,10-16)11-17/h2,4-5,8,17,19H,3,6-7,9-11H2,1H3. The maximum absolute atomic E-state index is 12.2. The SMILES string of the molecule is COc1cccc(SCC(=O)N2CCCC(O)(CO)C2)c1. The van der Waals surface area contributed by atoms with Gasteiger partial charge in [-0.25, -0.2) is 0 Å². The number of rotatable bonds is 5. The summed E-state index contributed by atoms with van der Waals surface area (Å²) in [5.41, 5.74) is -1.14. The molecule has 0 bridgehead atoms. The van der Waals surface area contributed by atoms with Gasteiger partial charge in [0.15, 0.2) is 0 Å². The molecule has 1 aliphatic heterocycles. The first-order valence-corrected chi connectivity index (χ1v) is 7.93. The first-order chi connectivity index (χ1) is 10.1. The molecule has 1 atom stereocenters. The molecule has 1 aromatic rings. The summed E-state index contributed by atoms with van der Waals surface area (Å²) in [4.78, 5) is 14.8. The molecule has 2 N–H and O–H groups in total. The number of amides is 1. The van der Waals surface area contributed by atoms with Gasteiger partial charge in [-0.3, -0.25) is 4.79 Å². The molecule has 0 radical (unpaired) electrons. The molecular weight excluding hydrogens is 290 g/mol. The number of methoxy groups -OCH3 is 1. The van der Waals surface area contributed by atoms with Gasteiger partial charge >= 0.3 is 0 Å². The molecule has 1 heterocycles. The van der Waals surface area contributed by atoms with E-state index in [4.69, 9.17) is 4.74 Å². The van der Waals surface area contributed by atoms with Crippen LogP contribution in [0.15, 0.2) is 29.2 Å². The van der Waals surface area contributed by atoms with Crippen molar-refractivity contribution >= 4 is 17.7 Å². The number of carbonyl (C=O) groups excluding carboxylic acids is 1. The molecule has 5 nitrogen and oxygen atoms in total. The van der Waals surface area contributed by atoms with E-state index in [1.165, 1.54) is 11.8 Å². The van der Waals surface area contributed by atoms with Gasteiger partial charge in [0.25, 0.3) is 0 Å². The molecule has 6 heteroatoms. The Morgan fingerprint density at radius 2 is 2.33 bits per heavy atom. The van der Waals surface area contributed by atoms with Gasteiger partial charge in [-0.15, -0.1) is 11.8 Å². The second-order valence-corrected chi connectivity index (χ2v) is 6.32. The lowest BCUT2D eigenvalue weighted by atomic mass is 9.94. The van der Waals surface area contributed by atoms with E-state index in [2.05, 4.69) is 0 Å². The normalized spacial score (nSPS) is 22.1. The highest BCUT2D eigenvalue weighted by Crippen LogP contribution is 2.25. The summed E-state index contributed by atoms with van der Waals surface area (Å²) in [6.45, 7) is 0.542. The number of benzene rings is 1. The van der Waals surface area contributed by atoms with Crippen LogP contribution in [0.2, 0.25) is 0 Å². The lowest BCUT2D eigenvalue weighted by Crippen LogP contribution is -2.52. The predicted molar refractivity (Wildman–Crippen MR) is 81.6 cm³/mol. The van der Waals surface area contributed by atoms with Crippen molar-refractivity contribution in [2.75, 3.05) is 32.6 Å². The van der Waals surface area contributed by atoms with Gasteiger partial charge in [-0.05, 0) is 31.0 Å². The summed E-state index contributed by atoms with van der Waals surface area (Å²) < 4.78 is 5.15. The van der Waals surface area contributed by atoms with Gasteiger partial charge in [-0.2, -0.15) is 0 Å². The van der Waals surface area contributed by atoms with E-state index in [-0.39, 0.29) is 19.1 Å². The molecule has 1 fully saturated rings. The van der Waals surface area contributed by atoms with Gasteiger partial charge < -0.3 is 19.8 Å². The average molecular weight is 311 g/mol. The van der Waals surface area contributed by atoms with Crippen molar-refractivity contribution in [3.05, 3.63) is 24.3 Å². The van der Waals surface area contributed by atoms with Crippen LogP contribution in [0.5, 0.6) is 5.75 Å². The number of hydrogen-bond acceptors (Lipinski definition) is 5. The van der Waals surface area contributed by atoms with Crippen LogP contribution in [0.3, 0.4) is 0 Å². The molecule has 0 saturated carbocycles. The van der Waals surface area contributed by atoms with Gasteiger partial charge in [0.05, 0.1) is 26.0 Å². The molecule has 1 aliphatic rings. The summed E-state index contributed by atoms with van der Waals surface area (Å²) >= 11 is 1.44. The molecular formula is C15H21NO4S. The largest absolute Gasteiger partial charge is 0.497 e. The Morgan fingerprint density at radius 1 is 1.52 bits per heavy atom. The van der Waals surface area contributed by atoms with E-state index in [1.807, 2.05) is 24.3 Å². The molecule has 2 rings (SSSR count). The predicted octanol–water partition coefficient (Wildman–Crippen LogP) is 1.13. The Kier molecular flexibility index (Phi) is 5.50. The third-order valence-electron chi connectivity index (χ3n) is 3.61. The van der Waals surface area contributed by atoms with Crippen molar-refractivity contribution in [3.8, 4) is 5.75 Å². The molecule has 0 aliphatic carbocycles. The third-order valence-corrected chi connectivity index (χ3v) is 4.58. The van der Waals surface area contributed by atoms with Crippen molar-refractivity contribution in [1.29, 1.82) is 0 Å². The number of thioether (sulfide) groups is 1. The maximum Gasteiger partial charge on any atom is 0.233 e. The second kappa shape index (κ2) is 7.15. The lowest BCUT2D eigenvalue weighted by molar-refractivity contribution is -0.137. The summed E-state index contributed by atoms with van der Waals surface area (Å²) in [6.07, 6.45) is 1.25. The first-order valence-electron chi connectivity index (χ1n) is 6.94. The van der Waals surface area contributed by atoms with E-state index >= 15 is 0 Å². The average Bonchev–Trinajstić information content (AvgIpc) is 2.53. The fourth-order valence-corrected chi connectivity index (χ4v) is 3.23. The number of nitrogens with zero attached hydrogens (tertiary/aromatic N) is 1. The highest BCUT2D eigenvalue weighted by molar-refractivity contribution is 8.00. The molecule has 1 amide bonds. The monoisotopic (exact) mass is 311 g/mol. The highest BCUT2D eigenvalue weighted by atomic mass is 32.2. The van der Waals surface area contributed by atoms with Crippen molar-refractivity contribution in [1.82, 2.24) is 4.90 Å². The summed E-state index contributed by atoms with van der Waals surface area (Å²) in [5, 5.41) is 19.3. The summed E-state index contributed by atoms with van der Waals surface area (Å²) in [5.74, 6) is 1.06. The number of β-amino-alcohol motifs (C(OH)–C–C–N with tert-alkyl or cyclic N) is 1. The zero-order valence-electron chi connectivity index (χ0n) is 12.1. The first kappa shape index (κ1) is 16.1. The Balaban J connectivity index is 1.89. The summed E-state index contributed by atoms with van der Waals surface area (Å²) in [7, 11) is 1.61. The van der Waals surface area contributed by atoms with E-state index < -0.39 is 5.60 Å². The van der Waals surface area contributed by atoms with Crippen LogP contribution in [0.25, 0.3) is 0 Å². The number of aliphatic hydroxyl groups is 2. The Hall–Kier alpha value is -1.24. The Bertz CT molecular complexity index is 496. The number of aliphatic hydroxyl groups excluding tert-OH is 1. The van der Waals surface area contributed by atoms with Crippen LogP contribution in [0.1, 0.15) is 12.8 Å². The minimum atomic E-state index is -1.14. The topological polar surface area (TPSA) is 70.0 Å². The fourth-order valence-electron chi connectivity index (χ4n) is 2.38. The molecule has 0 aromatic heterocycles. The number of carbonyl (C=O) groups is 1. The maximum atomic E-state index is 12.2.